The van der Waals surface area contributed by atoms with E-state index in [1.54, 1.807) is 0 Å². The van der Waals surface area contributed by atoms with E-state index in [0.29, 0.717) is 0 Å². The summed E-state index contributed by atoms with van der Waals surface area (Å²) in [7, 11) is 0. The molecule has 0 heterocycles. The van der Waals surface area contributed by atoms with Crippen LogP contribution in [0.3, 0.4) is 0 Å². The van der Waals surface area contributed by atoms with Crippen LogP contribution in [0, 0.1) is 0 Å². The minimum absolute atomic E-state index is 1.28. The average molecular weight is 286 g/mol. The summed E-state index contributed by atoms with van der Waals surface area (Å²) >= 11 is 0. The fourth-order valence-corrected chi connectivity index (χ4v) is 3.26. The predicted molar refractivity (Wildman–Crippen MR) is 95.7 cm³/mol. The summed E-state index contributed by atoms with van der Waals surface area (Å²) in [5.41, 5.74) is 10.9. The third kappa shape index (κ3) is 2.35. The van der Waals surface area contributed by atoms with Crippen molar-refractivity contribution in [1.29, 1.82) is 0 Å². The van der Waals surface area contributed by atoms with Gasteiger partial charge in [0.05, 0.1) is 0 Å². The van der Waals surface area contributed by atoms with Crippen molar-refractivity contribution in [2.24, 2.45) is 0 Å². The lowest BCUT2D eigenvalue weighted by Crippen LogP contribution is -1.96. The number of benzene rings is 2. The van der Waals surface area contributed by atoms with Gasteiger partial charge in [-0.05, 0) is 72.3 Å². The maximum atomic E-state index is 2.25. The molecule has 0 nitrogen and oxygen atoms in total. The monoisotopic (exact) mass is 286 g/mol. The molecule has 0 atom stereocenters. The molecule has 110 valence electrons. The summed E-state index contributed by atoms with van der Waals surface area (Å²) in [4.78, 5) is 0. The van der Waals surface area contributed by atoms with Crippen LogP contribution in [0.15, 0.2) is 88.5 Å². The second-order valence-corrected chi connectivity index (χ2v) is 5.98. The Balaban J connectivity index is 2.36. The van der Waals surface area contributed by atoms with E-state index in [0.717, 1.165) is 0 Å². The summed E-state index contributed by atoms with van der Waals surface area (Å²) < 4.78 is 0. The van der Waals surface area contributed by atoms with E-state index < -0.39 is 0 Å². The van der Waals surface area contributed by atoms with Gasteiger partial charge in [0.15, 0.2) is 0 Å². The molecule has 0 saturated carbocycles. The van der Waals surface area contributed by atoms with E-state index in [1.165, 1.54) is 44.6 Å². The molecule has 0 aromatic heterocycles. The second kappa shape index (κ2) is 5.81. The van der Waals surface area contributed by atoms with Gasteiger partial charge < -0.3 is 0 Å². The van der Waals surface area contributed by atoms with Crippen LogP contribution in [0.1, 0.15) is 38.8 Å². The van der Waals surface area contributed by atoms with Crippen LogP contribution in [0.4, 0.5) is 0 Å². The van der Waals surface area contributed by atoms with Crippen LogP contribution in [0.25, 0.3) is 5.57 Å². The van der Waals surface area contributed by atoms with Crippen molar-refractivity contribution in [2.45, 2.75) is 27.7 Å². The van der Waals surface area contributed by atoms with Crippen molar-refractivity contribution in [3.63, 3.8) is 0 Å². The first kappa shape index (κ1) is 14.6. The van der Waals surface area contributed by atoms with Crippen LogP contribution >= 0.6 is 0 Å². The summed E-state index contributed by atoms with van der Waals surface area (Å²) in [5.74, 6) is 0. The topological polar surface area (TPSA) is 0 Å². The van der Waals surface area contributed by atoms with Gasteiger partial charge in [-0.2, -0.15) is 0 Å². The van der Waals surface area contributed by atoms with Crippen molar-refractivity contribution >= 4 is 5.57 Å². The first-order chi connectivity index (χ1) is 10.6. The summed E-state index contributed by atoms with van der Waals surface area (Å²) in [6.45, 7) is 8.95. The SMILES string of the molecule is CC1=C(C)C(=C(c2ccccc2)c2ccccc2)C(C)=C1C. The van der Waals surface area contributed by atoms with Gasteiger partial charge in [-0.25, -0.2) is 0 Å². The molecule has 3 rings (SSSR count). The minimum atomic E-state index is 1.28. The fraction of sp³-hybridized carbons (Fsp3) is 0.182. The predicted octanol–water partition coefficient (Wildman–Crippen LogP) is 6.17. The number of hydrogen-bond donors (Lipinski definition) is 0. The van der Waals surface area contributed by atoms with Gasteiger partial charge in [-0.3, -0.25) is 0 Å². The van der Waals surface area contributed by atoms with Crippen molar-refractivity contribution in [3.05, 3.63) is 99.7 Å². The molecule has 0 unspecified atom stereocenters. The zero-order chi connectivity index (χ0) is 15.7. The molecule has 0 fully saturated rings. The third-order valence-corrected chi connectivity index (χ3v) is 4.81. The van der Waals surface area contributed by atoms with Gasteiger partial charge in [-0.15, -0.1) is 0 Å². The lowest BCUT2D eigenvalue weighted by atomic mass is 9.88. The Morgan fingerprint density at radius 2 is 0.864 bits per heavy atom. The third-order valence-electron chi connectivity index (χ3n) is 4.81. The molecule has 0 aliphatic heterocycles. The maximum Gasteiger partial charge on any atom is -0.00333 e. The molecule has 1 aliphatic carbocycles. The Labute approximate surface area is 133 Å². The van der Waals surface area contributed by atoms with Gasteiger partial charge in [-0.1, -0.05) is 60.7 Å². The quantitative estimate of drug-likeness (QED) is 0.619. The Bertz CT molecular complexity index is 717. The zero-order valence-corrected chi connectivity index (χ0v) is 13.8. The Morgan fingerprint density at radius 1 is 0.500 bits per heavy atom. The molecule has 2 aromatic rings. The molecular formula is C22H22. The molecule has 1 aliphatic rings. The summed E-state index contributed by atoms with van der Waals surface area (Å²) in [5, 5.41) is 0. The average Bonchev–Trinajstić information content (AvgIpc) is 2.75. The van der Waals surface area contributed by atoms with Gasteiger partial charge in [0.25, 0.3) is 0 Å². The van der Waals surface area contributed by atoms with Crippen molar-refractivity contribution in [3.8, 4) is 0 Å². The van der Waals surface area contributed by atoms with Gasteiger partial charge in [0.2, 0.25) is 0 Å². The number of hydrogen-bond acceptors (Lipinski definition) is 0. The van der Waals surface area contributed by atoms with E-state index >= 15 is 0 Å². The van der Waals surface area contributed by atoms with E-state index in [4.69, 9.17) is 0 Å². The Kier molecular flexibility index (Phi) is 3.85. The van der Waals surface area contributed by atoms with Crippen molar-refractivity contribution in [2.75, 3.05) is 0 Å². The normalized spacial score (nSPS) is 14.8. The van der Waals surface area contributed by atoms with Crippen LogP contribution < -0.4 is 0 Å². The van der Waals surface area contributed by atoms with E-state index in [9.17, 15) is 0 Å². The Hall–Kier alpha value is -2.34. The standard InChI is InChI=1S/C22H22/c1-15-16(2)18(4)21(17(15)3)22(19-11-7-5-8-12-19)20-13-9-6-10-14-20/h5-14H,1-4H3. The lowest BCUT2D eigenvalue weighted by Gasteiger charge is -2.16. The first-order valence-electron chi connectivity index (χ1n) is 7.82. The zero-order valence-electron chi connectivity index (χ0n) is 13.8. The largest absolute Gasteiger partial charge is 0.0622 e. The highest BCUT2D eigenvalue weighted by molar-refractivity contribution is 5.89. The molecule has 0 saturated heterocycles. The summed E-state index contributed by atoms with van der Waals surface area (Å²) in [6, 6.07) is 21.4. The first-order valence-corrected chi connectivity index (χ1v) is 7.82. The lowest BCUT2D eigenvalue weighted by molar-refractivity contribution is 1.31. The van der Waals surface area contributed by atoms with E-state index in [2.05, 4.69) is 88.4 Å². The van der Waals surface area contributed by atoms with Crippen LogP contribution in [-0.2, 0) is 0 Å². The van der Waals surface area contributed by atoms with Gasteiger partial charge in [0, 0.05) is 0 Å². The minimum Gasteiger partial charge on any atom is -0.0622 e. The van der Waals surface area contributed by atoms with E-state index in [1.807, 2.05) is 0 Å². The molecular weight excluding hydrogens is 264 g/mol. The number of allylic oxidation sites excluding steroid dienone is 5. The molecule has 0 bridgehead atoms. The molecule has 2 aromatic carbocycles. The van der Waals surface area contributed by atoms with Crippen molar-refractivity contribution < 1.29 is 0 Å². The molecule has 0 spiro atoms. The van der Waals surface area contributed by atoms with Crippen molar-refractivity contribution in [1.82, 2.24) is 0 Å². The fourth-order valence-electron chi connectivity index (χ4n) is 3.26. The highest BCUT2D eigenvalue weighted by atomic mass is 14.3. The van der Waals surface area contributed by atoms with Crippen LogP contribution in [0.2, 0.25) is 0 Å². The van der Waals surface area contributed by atoms with E-state index in [-0.39, 0.29) is 0 Å². The highest BCUT2D eigenvalue weighted by Gasteiger charge is 2.23. The van der Waals surface area contributed by atoms with Gasteiger partial charge >= 0.3 is 0 Å². The second-order valence-electron chi connectivity index (χ2n) is 5.98. The highest BCUT2D eigenvalue weighted by Crippen LogP contribution is 2.42. The van der Waals surface area contributed by atoms with Crippen LogP contribution in [-0.4, -0.2) is 0 Å². The van der Waals surface area contributed by atoms with Crippen LogP contribution in [0.5, 0.6) is 0 Å². The summed E-state index contributed by atoms with van der Waals surface area (Å²) in [6.07, 6.45) is 0. The maximum absolute atomic E-state index is 2.25. The Morgan fingerprint density at radius 3 is 1.23 bits per heavy atom. The van der Waals surface area contributed by atoms with Gasteiger partial charge in [0.1, 0.15) is 0 Å². The molecule has 0 amide bonds. The molecule has 0 radical (unpaired) electrons. The molecule has 22 heavy (non-hydrogen) atoms. The number of rotatable bonds is 2. The molecule has 0 N–H and O–H groups in total. The smallest absolute Gasteiger partial charge is 0.00333 e. The molecule has 0 heteroatoms.